The molecule has 0 aliphatic carbocycles. The van der Waals surface area contributed by atoms with Gasteiger partial charge in [0.05, 0.1) is 0 Å². The lowest BCUT2D eigenvalue weighted by Gasteiger charge is -2.10. The van der Waals surface area contributed by atoms with E-state index in [0.717, 1.165) is 5.56 Å². The molecule has 0 saturated heterocycles. The Morgan fingerprint density at radius 1 is 0.844 bits per heavy atom. The number of rotatable bonds is 6. The minimum Gasteiger partial charge on any atom is -0.457 e. The minimum atomic E-state index is -0.805. The highest BCUT2D eigenvalue weighted by molar-refractivity contribution is 6.43. The maximum absolute atomic E-state index is 12.3. The first-order valence-corrected chi connectivity index (χ1v) is 10.0. The van der Waals surface area contributed by atoms with Crippen LogP contribution in [-0.4, -0.2) is 29.8 Å². The Bertz CT molecular complexity index is 1130. The largest absolute Gasteiger partial charge is 0.457 e. The van der Waals surface area contributed by atoms with Gasteiger partial charge in [0.25, 0.3) is 5.91 Å². The molecule has 2 aromatic carbocycles. The second kappa shape index (κ2) is 10.2. The molecule has 32 heavy (non-hydrogen) atoms. The van der Waals surface area contributed by atoms with E-state index in [-0.39, 0.29) is 11.6 Å². The van der Waals surface area contributed by atoms with Crippen molar-refractivity contribution in [1.82, 2.24) is 10.3 Å². The van der Waals surface area contributed by atoms with Crippen LogP contribution >= 0.6 is 0 Å². The number of hydrogen-bond acceptors (Lipinski definition) is 5. The molecule has 0 aliphatic heterocycles. The zero-order chi connectivity index (χ0) is 23.1. The van der Waals surface area contributed by atoms with Crippen LogP contribution in [0.3, 0.4) is 0 Å². The Labute approximate surface area is 186 Å². The van der Waals surface area contributed by atoms with Crippen LogP contribution in [0.4, 0.5) is 11.4 Å². The number of nitrogens with one attached hydrogen (secondary N) is 3. The van der Waals surface area contributed by atoms with Crippen LogP contribution in [0, 0.1) is 0 Å². The van der Waals surface area contributed by atoms with Crippen LogP contribution in [0.25, 0.3) is 0 Å². The third-order valence-electron chi connectivity index (χ3n) is 4.56. The second-order valence-corrected chi connectivity index (χ2v) is 7.27. The fourth-order valence-electron chi connectivity index (χ4n) is 2.83. The molecule has 0 unspecified atom stereocenters. The van der Waals surface area contributed by atoms with Crippen molar-refractivity contribution >= 4 is 29.1 Å². The Balaban J connectivity index is 1.63. The summed E-state index contributed by atoms with van der Waals surface area (Å²) in [6, 6.07) is 17.0. The summed E-state index contributed by atoms with van der Waals surface area (Å²) in [5.74, 6) is -0.716. The number of anilines is 2. The fourth-order valence-corrected chi connectivity index (χ4v) is 2.83. The molecule has 164 valence electrons. The van der Waals surface area contributed by atoms with Gasteiger partial charge in [-0.3, -0.25) is 19.4 Å². The normalized spacial score (nSPS) is 10.4. The van der Waals surface area contributed by atoms with Crippen LogP contribution in [0.2, 0.25) is 0 Å². The van der Waals surface area contributed by atoms with Gasteiger partial charge in [-0.05, 0) is 41.8 Å². The van der Waals surface area contributed by atoms with Gasteiger partial charge in [-0.1, -0.05) is 32.0 Å². The number of carbonyl (C=O) groups is 3. The molecule has 0 spiro atoms. The first kappa shape index (κ1) is 22.5. The molecule has 1 heterocycles. The smallest absolute Gasteiger partial charge is 0.314 e. The highest BCUT2D eigenvalue weighted by Crippen LogP contribution is 2.24. The van der Waals surface area contributed by atoms with E-state index in [1.165, 1.54) is 19.3 Å². The Kier molecular flexibility index (Phi) is 7.17. The van der Waals surface area contributed by atoms with E-state index < -0.39 is 11.8 Å². The van der Waals surface area contributed by atoms with Gasteiger partial charge in [-0.2, -0.15) is 0 Å². The fraction of sp³-hybridized carbons (Fsp3) is 0.167. The number of benzene rings is 2. The molecule has 0 bridgehead atoms. The zero-order valence-corrected chi connectivity index (χ0v) is 18.0. The Hall–Kier alpha value is -4.20. The molecule has 3 rings (SSSR count). The topological polar surface area (TPSA) is 109 Å². The molecule has 0 aliphatic rings. The van der Waals surface area contributed by atoms with Gasteiger partial charge in [-0.15, -0.1) is 0 Å². The molecule has 1 aromatic heterocycles. The predicted octanol–water partition coefficient (Wildman–Crippen LogP) is 3.93. The van der Waals surface area contributed by atoms with Gasteiger partial charge in [0, 0.05) is 36.8 Å². The highest BCUT2D eigenvalue weighted by Gasteiger charge is 2.15. The highest BCUT2D eigenvalue weighted by atomic mass is 16.5. The monoisotopic (exact) mass is 432 g/mol. The lowest BCUT2D eigenvalue weighted by atomic mass is 10.0. The molecule has 3 aromatic rings. The Morgan fingerprint density at radius 2 is 1.50 bits per heavy atom. The molecule has 8 heteroatoms. The quantitative estimate of drug-likeness (QED) is 0.511. The van der Waals surface area contributed by atoms with Crippen LogP contribution in [0.15, 0.2) is 66.9 Å². The third kappa shape index (κ3) is 5.91. The standard InChI is InChI=1S/C24H24N4O4/c1-15(2)16-7-9-17(10-8-16)27-23(30)24(31)28-18-5-4-6-19(13-18)32-20-11-12-26-21(14-20)22(29)25-3/h4-15H,1-3H3,(H,25,29)(H,27,30)(H,28,31). The van der Waals surface area contributed by atoms with Crippen LogP contribution in [-0.2, 0) is 9.59 Å². The molecular formula is C24H24N4O4. The van der Waals surface area contributed by atoms with E-state index in [4.69, 9.17) is 4.74 Å². The minimum absolute atomic E-state index is 0.215. The summed E-state index contributed by atoms with van der Waals surface area (Å²) in [5.41, 5.74) is 2.28. The van der Waals surface area contributed by atoms with E-state index in [9.17, 15) is 14.4 Å². The summed E-state index contributed by atoms with van der Waals surface area (Å²) in [6.45, 7) is 4.16. The van der Waals surface area contributed by atoms with Crippen molar-refractivity contribution in [3.05, 3.63) is 78.1 Å². The summed E-state index contributed by atoms with van der Waals surface area (Å²) in [7, 11) is 1.51. The van der Waals surface area contributed by atoms with Gasteiger partial charge in [0.1, 0.15) is 17.2 Å². The van der Waals surface area contributed by atoms with E-state index in [1.807, 2.05) is 12.1 Å². The molecule has 3 amide bonds. The predicted molar refractivity (Wildman–Crippen MR) is 122 cm³/mol. The van der Waals surface area contributed by atoms with Crippen molar-refractivity contribution < 1.29 is 19.1 Å². The molecule has 0 saturated carbocycles. The van der Waals surface area contributed by atoms with Crippen molar-refractivity contribution in [3.63, 3.8) is 0 Å². The van der Waals surface area contributed by atoms with Crippen LogP contribution in [0.1, 0.15) is 35.8 Å². The van der Waals surface area contributed by atoms with Gasteiger partial charge in [0.15, 0.2) is 0 Å². The molecule has 3 N–H and O–H groups in total. The maximum Gasteiger partial charge on any atom is 0.314 e. The van der Waals surface area contributed by atoms with Crippen molar-refractivity contribution in [3.8, 4) is 11.5 Å². The lowest BCUT2D eigenvalue weighted by Crippen LogP contribution is -2.29. The van der Waals surface area contributed by atoms with E-state index in [2.05, 4.69) is 34.8 Å². The third-order valence-corrected chi connectivity index (χ3v) is 4.56. The number of nitrogens with zero attached hydrogens (tertiary/aromatic N) is 1. The van der Waals surface area contributed by atoms with Crippen LogP contribution in [0.5, 0.6) is 11.5 Å². The number of aromatic nitrogens is 1. The van der Waals surface area contributed by atoms with E-state index in [0.29, 0.717) is 28.8 Å². The van der Waals surface area contributed by atoms with Gasteiger partial charge in [-0.25, -0.2) is 0 Å². The first-order chi connectivity index (χ1) is 15.4. The number of ether oxygens (including phenoxy) is 1. The van der Waals surface area contributed by atoms with Crippen LogP contribution < -0.4 is 20.7 Å². The summed E-state index contributed by atoms with van der Waals surface area (Å²) in [5, 5.41) is 7.62. The number of carbonyl (C=O) groups excluding carboxylic acids is 3. The second-order valence-electron chi connectivity index (χ2n) is 7.27. The summed E-state index contributed by atoms with van der Waals surface area (Å²) < 4.78 is 5.75. The number of amides is 3. The molecule has 8 nitrogen and oxygen atoms in total. The zero-order valence-electron chi connectivity index (χ0n) is 18.0. The first-order valence-electron chi connectivity index (χ1n) is 10.0. The van der Waals surface area contributed by atoms with Crippen molar-refractivity contribution in [2.45, 2.75) is 19.8 Å². The summed E-state index contributed by atoms with van der Waals surface area (Å²) in [6.07, 6.45) is 1.46. The average Bonchev–Trinajstić information content (AvgIpc) is 2.79. The van der Waals surface area contributed by atoms with Gasteiger partial charge in [0.2, 0.25) is 0 Å². The van der Waals surface area contributed by atoms with Gasteiger partial charge < -0.3 is 20.7 Å². The average molecular weight is 432 g/mol. The van der Waals surface area contributed by atoms with E-state index in [1.54, 1.807) is 42.5 Å². The van der Waals surface area contributed by atoms with Crippen molar-refractivity contribution in [1.29, 1.82) is 0 Å². The Morgan fingerprint density at radius 3 is 2.16 bits per heavy atom. The summed E-state index contributed by atoms with van der Waals surface area (Å²) in [4.78, 5) is 40.2. The SMILES string of the molecule is CNC(=O)c1cc(Oc2cccc(NC(=O)C(=O)Nc3ccc(C(C)C)cc3)c2)ccn1. The molecular weight excluding hydrogens is 408 g/mol. The number of pyridine rings is 1. The number of hydrogen-bond donors (Lipinski definition) is 3. The molecule has 0 fully saturated rings. The molecule has 0 radical (unpaired) electrons. The molecule has 0 atom stereocenters. The van der Waals surface area contributed by atoms with E-state index >= 15 is 0 Å². The van der Waals surface area contributed by atoms with Crippen molar-refractivity contribution in [2.24, 2.45) is 0 Å². The van der Waals surface area contributed by atoms with Gasteiger partial charge >= 0.3 is 11.8 Å². The van der Waals surface area contributed by atoms with Crippen molar-refractivity contribution in [2.75, 3.05) is 17.7 Å². The summed E-state index contributed by atoms with van der Waals surface area (Å²) >= 11 is 0. The lowest BCUT2D eigenvalue weighted by molar-refractivity contribution is -0.132. The maximum atomic E-state index is 12.3.